The lowest BCUT2D eigenvalue weighted by Gasteiger charge is -2.37. The molecule has 2 aliphatic heterocycles. The minimum Gasteiger partial charge on any atom is -0.352 e. The third kappa shape index (κ3) is 4.59. The summed E-state index contributed by atoms with van der Waals surface area (Å²) in [7, 11) is 0. The maximum absolute atomic E-state index is 13.3. The van der Waals surface area contributed by atoms with Gasteiger partial charge in [0.2, 0.25) is 5.91 Å². The molecule has 1 aromatic rings. The van der Waals surface area contributed by atoms with Gasteiger partial charge in [0.1, 0.15) is 0 Å². The number of carbonyl (C=O) groups excluding carboxylic acids is 3. The van der Waals surface area contributed by atoms with Crippen molar-refractivity contribution in [3.05, 3.63) is 23.8 Å². The van der Waals surface area contributed by atoms with E-state index in [0.29, 0.717) is 36.6 Å². The van der Waals surface area contributed by atoms with Crippen LogP contribution in [0.25, 0.3) is 0 Å². The lowest BCUT2D eigenvalue weighted by Crippen LogP contribution is -2.51. The molecular formula is C22H31N5O3. The van der Waals surface area contributed by atoms with Crippen LogP contribution in [0.1, 0.15) is 55.8 Å². The van der Waals surface area contributed by atoms with E-state index in [4.69, 9.17) is 5.73 Å². The van der Waals surface area contributed by atoms with Crippen molar-refractivity contribution in [2.75, 3.05) is 29.9 Å². The van der Waals surface area contributed by atoms with Crippen molar-refractivity contribution < 1.29 is 14.4 Å². The van der Waals surface area contributed by atoms with Crippen molar-refractivity contribution in [3.8, 4) is 0 Å². The zero-order valence-electron chi connectivity index (χ0n) is 17.5. The number of nitrogens with zero attached hydrogens (tertiary/aromatic N) is 2. The summed E-state index contributed by atoms with van der Waals surface area (Å²) in [5.41, 5.74) is 7.59. The number of nitrogens with two attached hydrogens (primary N) is 1. The van der Waals surface area contributed by atoms with Gasteiger partial charge >= 0.3 is 6.03 Å². The van der Waals surface area contributed by atoms with Gasteiger partial charge in [0.25, 0.3) is 5.91 Å². The number of hydrogen-bond acceptors (Lipinski definition) is 4. The molecule has 4 rings (SSSR count). The van der Waals surface area contributed by atoms with E-state index < -0.39 is 0 Å². The van der Waals surface area contributed by atoms with Crippen molar-refractivity contribution in [1.82, 2.24) is 10.2 Å². The largest absolute Gasteiger partial charge is 0.352 e. The molecule has 2 heterocycles. The zero-order chi connectivity index (χ0) is 21.3. The van der Waals surface area contributed by atoms with E-state index in [1.807, 2.05) is 6.92 Å². The zero-order valence-corrected chi connectivity index (χ0v) is 17.5. The van der Waals surface area contributed by atoms with Crippen LogP contribution in [0.4, 0.5) is 16.2 Å². The van der Waals surface area contributed by atoms with E-state index in [0.717, 1.165) is 25.2 Å². The molecule has 8 nitrogen and oxygen atoms in total. The average Bonchev–Trinajstić information content (AvgIpc) is 3.54. The quantitative estimate of drug-likeness (QED) is 0.704. The number of urea groups is 1. The molecule has 0 aromatic heterocycles. The molecule has 0 bridgehead atoms. The smallest absolute Gasteiger partial charge is 0.324 e. The molecule has 4 amide bonds. The lowest BCUT2D eigenvalue weighted by atomic mass is 10.1. The minimum atomic E-state index is -0.285. The summed E-state index contributed by atoms with van der Waals surface area (Å²) in [6.07, 6.45) is 5.27. The first-order valence-electron chi connectivity index (χ1n) is 11.0. The number of fused-ring (bicyclic) bond motifs is 1. The van der Waals surface area contributed by atoms with Gasteiger partial charge in [-0.3, -0.25) is 14.5 Å². The molecule has 8 heteroatoms. The summed E-state index contributed by atoms with van der Waals surface area (Å²) >= 11 is 0. The molecule has 162 valence electrons. The van der Waals surface area contributed by atoms with Crippen LogP contribution in [0.3, 0.4) is 0 Å². The highest BCUT2D eigenvalue weighted by Crippen LogP contribution is 2.34. The maximum atomic E-state index is 13.3. The molecule has 3 aliphatic rings. The second kappa shape index (κ2) is 8.63. The molecule has 0 unspecified atom stereocenters. The molecule has 1 saturated heterocycles. The highest BCUT2D eigenvalue weighted by atomic mass is 16.2. The molecule has 0 spiro atoms. The lowest BCUT2D eigenvalue weighted by molar-refractivity contribution is -0.116. The van der Waals surface area contributed by atoms with Gasteiger partial charge in [-0.15, -0.1) is 0 Å². The molecule has 0 radical (unpaired) electrons. The molecule has 1 aliphatic carbocycles. The fraction of sp³-hybridized carbons (Fsp3) is 0.591. The van der Waals surface area contributed by atoms with E-state index in [1.54, 1.807) is 28.0 Å². The van der Waals surface area contributed by atoms with E-state index in [1.165, 1.54) is 12.8 Å². The Morgan fingerprint density at radius 3 is 2.63 bits per heavy atom. The number of nitrogens with one attached hydrogen (secondary N) is 2. The van der Waals surface area contributed by atoms with Crippen molar-refractivity contribution >= 4 is 29.2 Å². The normalized spacial score (nSPS) is 22.2. The molecular weight excluding hydrogens is 382 g/mol. The van der Waals surface area contributed by atoms with Crippen molar-refractivity contribution in [3.63, 3.8) is 0 Å². The van der Waals surface area contributed by atoms with Crippen molar-refractivity contribution in [2.24, 2.45) is 11.7 Å². The molecule has 30 heavy (non-hydrogen) atoms. The van der Waals surface area contributed by atoms with Crippen LogP contribution in [0.15, 0.2) is 18.2 Å². The van der Waals surface area contributed by atoms with Crippen LogP contribution in [0, 0.1) is 5.92 Å². The monoisotopic (exact) mass is 413 g/mol. The summed E-state index contributed by atoms with van der Waals surface area (Å²) in [5, 5.41) is 5.83. The Hall–Kier alpha value is -2.61. The van der Waals surface area contributed by atoms with Crippen LogP contribution in [-0.4, -0.2) is 54.5 Å². The van der Waals surface area contributed by atoms with Gasteiger partial charge in [-0.2, -0.15) is 0 Å². The summed E-state index contributed by atoms with van der Waals surface area (Å²) in [5.74, 6) is 0.431. The number of rotatable bonds is 4. The van der Waals surface area contributed by atoms with Crippen molar-refractivity contribution in [2.45, 2.75) is 57.5 Å². The summed E-state index contributed by atoms with van der Waals surface area (Å²) < 4.78 is 0. The van der Waals surface area contributed by atoms with Crippen molar-refractivity contribution in [1.29, 1.82) is 0 Å². The van der Waals surface area contributed by atoms with E-state index >= 15 is 0 Å². The van der Waals surface area contributed by atoms with Crippen LogP contribution in [-0.2, 0) is 4.79 Å². The van der Waals surface area contributed by atoms with Gasteiger partial charge in [0.05, 0.1) is 11.4 Å². The first-order valence-corrected chi connectivity index (χ1v) is 11.0. The van der Waals surface area contributed by atoms with E-state index in [9.17, 15) is 14.4 Å². The van der Waals surface area contributed by atoms with Gasteiger partial charge in [-0.05, 0) is 50.3 Å². The minimum absolute atomic E-state index is 0.117. The number of amides is 4. The predicted octanol–water partition coefficient (Wildman–Crippen LogP) is 2.30. The number of benzene rings is 1. The number of likely N-dealkylation sites (tertiary alicyclic amines) is 1. The molecule has 2 fully saturated rings. The van der Waals surface area contributed by atoms with Gasteiger partial charge in [0, 0.05) is 43.7 Å². The standard InChI is InChI=1S/C22H31N5O3/c1-14-12-20(28)25-18-13-16(21(29)24-9-6-15-2-3-15)4-5-19(18)27(14)22(30)26-10-7-17(23)8-11-26/h4-5,13-15,17H,2-3,6-12,23H2,1H3,(H,24,29)(H,25,28)/t14-/m1/s1. The summed E-state index contributed by atoms with van der Waals surface area (Å²) in [6, 6.07) is 4.89. The van der Waals surface area contributed by atoms with E-state index in [2.05, 4.69) is 10.6 Å². The molecule has 1 aromatic carbocycles. The number of hydrogen-bond donors (Lipinski definition) is 3. The molecule has 4 N–H and O–H groups in total. The Balaban J connectivity index is 1.54. The Bertz CT molecular complexity index is 830. The van der Waals surface area contributed by atoms with Crippen LogP contribution >= 0.6 is 0 Å². The highest BCUT2D eigenvalue weighted by molar-refractivity contribution is 6.06. The predicted molar refractivity (Wildman–Crippen MR) is 115 cm³/mol. The maximum Gasteiger partial charge on any atom is 0.324 e. The summed E-state index contributed by atoms with van der Waals surface area (Å²) in [6.45, 7) is 3.76. The Morgan fingerprint density at radius 1 is 1.20 bits per heavy atom. The van der Waals surface area contributed by atoms with E-state index in [-0.39, 0.29) is 36.3 Å². The first-order chi connectivity index (χ1) is 14.4. The topological polar surface area (TPSA) is 108 Å². The number of carbonyl (C=O) groups is 3. The van der Waals surface area contributed by atoms with Gasteiger partial charge in [0.15, 0.2) is 0 Å². The fourth-order valence-corrected chi connectivity index (χ4v) is 4.22. The molecule has 1 saturated carbocycles. The van der Waals surface area contributed by atoms with Crippen LogP contribution < -0.4 is 21.3 Å². The summed E-state index contributed by atoms with van der Waals surface area (Å²) in [4.78, 5) is 41.7. The second-order valence-electron chi connectivity index (χ2n) is 8.80. The Kier molecular flexibility index (Phi) is 5.94. The van der Waals surface area contributed by atoms with Gasteiger partial charge in [-0.1, -0.05) is 12.8 Å². The average molecular weight is 414 g/mol. The SMILES string of the molecule is C[C@@H]1CC(=O)Nc2cc(C(=O)NCCC3CC3)ccc2N1C(=O)N1CCC(N)CC1. The Labute approximate surface area is 177 Å². The van der Waals surface area contributed by atoms with Crippen LogP contribution in [0.2, 0.25) is 0 Å². The number of piperidine rings is 1. The van der Waals surface area contributed by atoms with Crippen LogP contribution in [0.5, 0.6) is 0 Å². The Morgan fingerprint density at radius 2 is 1.93 bits per heavy atom. The fourth-order valence-electron chi connectivity index (χ4n) is 4.22. The number of anilines is 2. The third-order valence-corrected chi connectivity index (χ3v) is 6.27. The van der Waals surface area contributed by atoms with Gasteiger partial charge < -0.3 is 21.3 Å². The highest BCUT2D eigenvalue weighted by Gasteiger charge is 2.34. The first kappa shape index (κ1) is 20.7. The van der Waals surface area contributed by atoms with Gasteiger partial charge in [-0.25, -0.2) is 4.79 Å². The second-order valence-corrected chi connectivity index (χ2v) is 8.80. The third-order valence-electron chi connectivity index (χ3n) is 6.27. The molecule has 1 atom stereocenters.